The van der Waals surface area contributed by atoms with E-state index >= 15 is 0 Å². The van der Waals surface area contributed by atoms with Gasteiger partial charge in [0.1, 0.15) is 5.01 Å². The number of halogens is 1. The summed E-state index contributed by atoms with van der Waals surface area (Å²) in [5.74, 6) is 0.827. The first kappa shape index (κ1) is 22.1. The normalized spacial score (nSPS) is 11.1. The second-order valence-electron chi connectivity index (χ2n) is 5.14. The van der Waals surface area contributed by atoms with Crippen LogP contribution in [0.15, 0.2) is 11.2 Å². The number of carbonyl (C=O) groups is 1. The molecule has 0 radical (unpaired) electrons. The highest BCUT2D eigenvalue weighted by Crippen LogP contribution is 2.13. The molecule has 0 aliphatic carbocycles. The number of guanidine groups is 1. The predicted molar refractivity (Wildman–Crippen MR) is 108 cm³/mol. The second-order valence-corrected chi connectivity index (χ2v) is 6.34. The van der Waals surface area contributed by atoms with Crippen molar-refractivity contribution in [3.05, 3.63) is 16.1 Å². The van der Waals surface area contributed by atoms with Crippen molar-refractivity contribution >= 4 is 47.2 Å². The highest BCUT2D eigenvalue weighted by molar-refractivity contribution is 14.0. The van der Waals surface area contributed by atoms with Gasteiger partial charge in [0.05, 0.1) is 6.54 Å². The third-order valence-corrected chi connectivity index (χ3v) is 4.03. The molecule has 0 fully saturated rings. The number of thiazole rings is 1. The molecule has 0 atom stereocenters. The number of aromatic nitrogens is 1. The maximum atomic E-state index is 11.5. The van der Waals surface area contributed by atoms with Crippen molar-refractivity contribution < 1.29 is 4.79 Å². The van der Waals surface area contributed by atoms with Crippen LogP contribution in [0.1, 0.15) is 37.6 Å². The molecule has 0 aromatic carbocycles. The van der Waals surface area contributed by atoms with Gasteiger partial charge in [-0.3, -0.25) is 4.79 Å². The molecule has 0 aliphatic rings. The quantitative estimate of drug-likeness (QED) is 0.244. The van der Waals surface area contributed by atoms with Crippen LogP contribution in [0.2, 0.25) is 0 Å². The first-order valence-corrected chi connectivity index (χ1v) is 8.61. The number of aryl methyl sites for hydroxylation is 1. The van der Waals surface area contributed by atoms with E-state index in [0.717, 1.165) is 23.9 Å². The van der Waals surface area contributed by atoms with E-state index in [1.54, 1.807) is 11.3 Å². The average molecular weight is 453 g/mol. The fraction of sp³-hybridized carbons (Fsp3) is 0.667. The molecular weight excluding hydrogens is 425 g/mol. The Hall–Kier alpha value is -0.900. The van der Waals surface area contributed by atoms with E-state index in [2.05, 4.69) is 32.9 Å². The van der Waals surface area contributed by atoms with Gasteiger partial charge in [-0.15, -0.1) is 35.3 Å². The number of carbonyl (C=O) groups excluding carboxylic acids is 1. The minimum absolute atomic E-state index is 0. The van der Waals surface area contributed by atoms with Crippen LogP contribution in [0.3, 0.4) is 0 Å². The molecule has 1 aromatic heterocycles. The van der Waals surface area contributed by atoms with Crippen molar-refractivity contribution in [2.75, 3.05) is 19.6 Å². The summed E-state index contributed by atoms with van der Waals surface area (Å²) >= 11 is 1.70. The van der Waals surface area contributed by atoms with Crippen molar-refractivity contribution in [1.82, 2.24) is 20.9 Å². The summed E-state index contributed by atoms with van der Waals surface area (Å²) in [6.45, 7) is 10.5. The molecule has 0 unspecified atom stereocenters. The van der Waals surface area contributed by atoms with Crippen molar-refractivity contribution in [3.8, 4) is 0 Å². The Morgan fingerprint density at radius 1 is 1.26 bits per heavy atom. The van der Waals surface area contributed by atoms with Crippen LogP contribution in [0.5, 0.6) is 0 Å². The molecule has 1 rings (SSSR count). The molecule has 1 amide bonds. The van der Waals surface area contributed by atoms with Crippen molar-refractivity contribution in [3.63, 3.8) is 0 Å². The monoisotopic (exact) mass is 453 g/mol. The zero-order valence-electron chi connectivity index (χ0n) is 14.3. The first-order valence-electron chi connectivity index (χ1n) is 7.80. The Morgan fingerprint density at radius 2 is 1.96 bits per heavy atom. The molecule has 0 saturated heterocycles. The van der Waals surface area contributed by atoms with E-state index in [4.69, 9.17) is 0 Å². The zero-order chi connectivity index (χ0) is 16.4. The van der Waals surface area contributed by atoms with E-state index in [1.165, 1.54) is 4.88 Å². The van der Waals surface area contributed by atoms with Crippen LogP contribution in [-0.4, -0.2) is 36.5 Å². The minimum atomic E-state index is 0. The van der Waals surface area contributed by atoms with Crippen LogP contribution in [-0.2, 0) is 17.8 Å². The van der Waals surface area contributed by atoms with Gasteiger partial charge >= 0.3 is 0 Å². The third kappa shape index (κ3) is 9.09. The molecule has 0 aliphatic heterocycles. The molecule has 132 valence electrons. The molecule has 23 heavy (non-hydrogen) atoms. The van der Waals surface area contributed by atoms with E-state index in [0.29, 0.717) is 19.6 Å². The molecule has 1 heterocycles. The van der Waals surface area contributed by atoms with Gasteiger partial charge in [0, 0.05) is 36.6 Å². The van der Waals surface area contributed by atoms with Crippen LogP contribution in [0.25, 0.3) is 0 Å². The van der Waals surface area contributed by atoms with E-state index in [9.17, 15) is 4.79 Å². The summed E-state index contributed by atoms with van der Waals surface area (Å²) in [7, 11) is 0. The number of rotatable bonds is 8. The summed E-state index contributed by atoms with van der Waals surface area (Å²) in [6, 6.07) is 0. The van der Waals surface area contributed by atoms with Gasteiger partial charge in [-0.1, -0.05) is 20.8 Å². The summed E-state index contributed by atoms with van der Waals surface area (Å²) < 4.78 is 0. The first-order chi connectivity index (χ1) is 10.6. The molecule has 3 N–H and O–H groups in total. The average Bonchev–Trinajstić information content (AvgIpc) is 2.96. The van der Waals surface area contributed by atoms with Crippen LogP contribution in [0.4, 0.5) is 0 Å². The van der Waals surface area contributed by atoms with Gasteiger partial charge in [-0.05, 0) is 13.3 Å². The van der Waals surface area contributed by atoms with Gasteiger partial charge in [0.2, 0.25) is 5.91 Å². The summed E-state index contributed by atoms with van der Waals surface area (Å²) in [6.07, 6.45) is 2.92. The Labute approximate surface area is 160 Å². The van der Waals surface area contributed by atoms with Crippen molar-refractivity contribution in [1.29, 1.82) is 0 Å². The number of nitrogens with one attached hydrogen (secondary N) is 3. The summed E-state index contributed by atoms with van der Waals surface area (Å²) in [4.78, 5) is 21.6. The lowest BCUT2D eigenvalue weighted by atomic mass is 10.2. The fourth-order valence-corrected chi connectivity index (χ4v) is 2.43. The zero-order valence-corrected chi connectivity index (χ0v) is 17.5. The maximum Gasteiger partial charge on any atom is 0.222 e. The Morgan fingerprint density at radius 3 is 2.52 bits per heavy atom. The summed E-state index contributed by atoms with van der Waals surface area (Å²) in [5.41, 5.74) is 0. The highest BCUT2D eigenvalue weighted by atomic mass is 127. The standard InChI is InChI=1S/C15H27N5OS.HI/c1-5-12-9-19-13(22-12)10-20-15(16-6-2)18-8-7-17-14(21)11(3)4;/h9,11H,5-8,10H2,1-4H3,(H,17,21)(H2,16,18,20);1H. The molecule has 0 saturated carbocycles. The molecule has 1 aromatic rings. The van der Waals surface area contributed by atoms with Gasteiger partial charge in [0.15, 0.2) is 5.96 Å². The lowest BCUT2D eigenvalue weighted by Crippen LogP contribution is -2.42. The van der Waals surface area contributed by atoms with Gasteiger partial charge in [0.25, 0.3) is 0 Å². The summed E-state index contributed by atoms with van der Waals surface area (Å²) in [5, 5.41) is 10.3. The van der Waals surface area contributed by atoms with E-state index in [1.807, 2.05) is 27.0 Å². The highest BCUT2D eigenvalue weighted by Gasteiger charge is 2.05. The van der Waals surface area contributed by atoms with E-state index < -0.39 is 0 Å². The third-order valence-electron chi connectivity index (χ3n) is 2.91. The maximum absolute atomic E-state index is 11.5. The molecule has 0 spiro atoms. The lowest BCUT2D eigenvalue weighted by Gasteiger charge is -2.12. The fourth-order valence-electron chi connectivity index (χ4n) is 1.64. The predicted octanol–water partition coefficient (Wildman–Crippen LogP) is 2.15. The topological polar surface area (TPSA) is 78.4 Å². The van der Waals surface area contributed by atoms with Gasteiger partial charge in [-0.25, -0.2) is 9.98 Å². The van der Waals surface area contributed by atoms with Crippen molar-refractivity contribution in [2.45, 2.75) is 40.7 Å². The minimum Gasteiger partial charge on any atom is -0.357 e. The van der Waals surface area contributed by atoms with Crippen LogP contribution in [0, 0.1) is 5.92 Å². The number of nitrogens with zero attached hydrogens (tertiary/aromatic N) is 2. The number of hydrogen-bond donors (Lipinski definition) is 3. The number of hydrogen-bond acceptors (Lipinski definition) is 4. The lowest BCUT2D eigenvalue weighted by molar-refractivity contribution is -0.123. The Bertz CT molecular complexity index is 490. The van der Waals surface area contributed by atoms with Crippen LogP contribution < -0.4 is 16.0 Å². The smallest absolute Gasteiger partial charge is 0.222 e. The van der Waals surface area contributed by atoms with Gasteiger partial charge in [-0.2, -0.15) is 0 Å². The largest absolute Gasteiger partial charge is 0.357 e. The second kappa shape index (κ2) is 12.5. The van der Waals surface area contributed by atoms with Crippen molar-refractivity contribution in [2.24, 2.45) is 10.9 Å². The molecule has 0 bridgehead atoms. The molecular formula is C15H28IN5OS. The van der Waals surface area contributed by atoms with Gasteiger partial charge < -0.3 is 16.0 Å². The Kier molecular flexibility index (Phi) is 12.0. The van der Waals surface area contributed by atoms with E-state index in [-0.39, 0.29) is 35.8 Å². The number of aliphatic imine (C=N–C) groups is 1. The Balaban J connectivity index is 0.00000484. The molecule has 6 nitrogen and oxygen atoms in total. The van der Waals surface area contributed by atoms with Crippen LogP contribution >= 0.6 is 35.3 Å². The number of amides is 1. The SMILES string of the molecule is CCNC(=NCc1ncc(CC)s1)NCCNC(=O)C(C)C.I. The molecule has 8 heteroatoms.